The fraction of sp³-hybridized carbons (Fsp3) is 0.125. The first-order valence-corrected chi connectivity index (χ1v) is 9.69. The number of methoxy groups -OCH3 is 1. The highest BCUT2D eigenvalue weighted by atomic mass is 16.5. The molecule has 32 heavy (non-hydrogen) atoms. The van der Waals surface area contributed by atoms with Gasteiger partial charge in [0, 0.05) is 24.4 Å². The molecule has 0 amide bonds. The molecule has 1 aliphatic heterocycles. The predicted octanol–water partition coefficient (Wildman–Crippen LogP) is 3.83. The lowest BCUT2D eigenvalue weighted by atomic mass is 9.95. The number of pyridine rings is 1. The number of Topliss-reactive ketones (excluding diaryl/α,β-unsaturated/α-hetero) is 1. The molecule has 0 saturated heterocycles. The number of phenolic OH excluding ortho intramolecular Hbond substituents is 2. The molecule has 0 unspecified atom stereocenters. The largest absolute Gasteiger partial charge is 0.507 e. The third-order valence-electron chi connectivity index (χ3n) is 4.84. The summed E-state index contributed by atoms with van der Waals surface area (Å²) in [5.41, 5.74) is 1.16. The number of benzene rings is 2. The summed E-state index contributed by atoms with van der Waals surface area (Å²) in [6.07, 6.45) is 3.57. The molecule has 162 valence electrons. The molecule has 0 spiro atoms. The Labute approximate surface area is 183 Å². The topological polar surface area (TPSA) is 115 Å². The highest BCUT2D eigenvalue weighted by Gasteiger charge is 2.31. The standard InChI is InChI=1S/C24H19NO7/c1-30-20-7-5-14(10-17(20)26)21-13-19(28)24-18(27)11-16(12-22(24)32-21)31-23(29)8-6-15-4-2-3-9-25-15/h2-12,21,26-27H,13H2,1H3/b8-6+/t21-/m0/s1. The number of fused-ring (bicyclic) bond motifs is 1. The number of aromatic hydroxyl groups is 2. The molecular formula is C24H19NO7. The Morgan fingerprint density at radius 3 is 2.72 bits per heavy atom. The zero-order valence-electron chi connectivity index (χ0n) is 17.0. The van der Waals surface area contributed by atoms with Gasteiger partial charge in [0.1, 0.15) is 28.9 Å². The van der Waals surface area contributed by atoms with Crippen LogP contribution in [0.5, 0.6) is 28.7 Å². The molecule has 1 aromatic heterocycles. The van der Waals surface area contributed by atoms with Crippen LogP contribution in [-0.4, -0.2) is 34.1 Å². The first kappa shape index (κ1) is 20.9. The van der Waals surface area contributed by atoms with E-state index in [9.17, 15) is 19.8 Å². The Bertz CT molecular complexity index is 1200. The van der Waals surface area contributed by atoms with Gasteiger partial charge in [0.2, 0.25) is 0 Å². The predicted molar refractivity (Wildman–Crippen MR) is 114 cm³/mol. The third kappa shape index (κ3) is 4.39. The van der Waals surface area contributed by atoms with Crippen LogP contribution in [0.15, 0.2) is 60.8 Å². The minimum Gasteiger partial charge on any atom is -0.507 e. The second-order valence-corrected chi connectivity index (χ2v) is 6.99. The van der Waals surface area contributed by atoms with Crippen molar-refractivity contribution >= 4 is 17.8 Å². The van der Waals surface area contributed by atoms with E-state index in [2.05, 4.69) is 4.98 Å². The van der Waals surface area contributed by atoms with Gasteiger partial charge in [0.05, 0.1) is 19.2 Å². The van der Waals surface area contributed by atoms with E-state index in [-0.39, 0.29) is 40.8 Å². The van der Waals surface area contributed by atoms with Crippen molar-refractivity contribution in [2.45, 2.75) is 12.5 Å². The number of phenols is 2. The molecule has 0 fully saturated rings. The molecule has 1 atom stereocenters. The minimum absolute atomic E-state index is 0.0165. The molecule has 2 heterocycles. The third-order valence-corrected chi connectivity index (χ3v) is 4.84. The number of hydrogen-bond donors (Lipinski definition) is 2. The average molecular weight is 433 g/mol. The van der Waals surface area contributed by atoms with Crippen molar-refractivity contribution in [3.8, 4) is 28.7 Å². The van der Waals surface area contributed by atoms with Crippen LogP contribution in [0.2, 0.25) is 0 Å². The van der Waals surface area contributed by atoms with Crippen LogP contribution < -0.4 is 14.2 Å². The smallest absolute Gasteiger partial charge is 0.336 e. The van der Waals surface area contributed by atoms with E-state index in [1.54, 1.807) is 36.5 Å². The summed E-state index contributed by atoms with van der Waals surface area (Å²) in [4.78, 5) is 28.9. The van der Waals surface area contributed by atoms with E-state index in [1.807, 2.05) is 0 Å². The first-order valence-electron chi connectivity index (χ1n) is 9.69. The van der Waals surface area contributed by atoms with E-state index in [0.717, 1.165) is 0 Å². The van der Waals surface area contributed by atoms with Gasteiger partial charge in [-0.3, -0.25) is 9.78 Å². The van der Waals surface area contributed by atoms with Gasteiger partial charge >= 0.3 is 5.97 Å². The first-order chi connectivity index (χ1) is 15.4. The maximum absolute atomic E-state index is 12.6. The second-order valence-electron chi connectivity index (χ2n) is 6.99. The number of ketones is 1. The molecule has 0 bridgehead atoms. The number of hydrogen-bond acceptors (Lipinski definition) is 8. The van der Waals surface area contributed by atoms with Crippen molar-refractivity contribution in [3.05, 3.63) is 77.6 Å². The fourth-order valence-electron chi connectivity index (χ4n) is 3.35. The Balaban J connectivity index is 1.55. The van der Waals surface area contributed by atoms with Crippen LogP contribution in [0.4, 0.5) is 0 Å². The van der Waals surface area contributed by atoms with Crippen molar-refractivity contribution in [3.63, 3.8) is 0 Å². The molecule has 8 nitrogen and oxygen atoms in total. The molecule has 3 aromatic rings. The van der Waals surface area contributed by atoms with Crippen molar-refractivity contribution in [1.82, 2.24) is 4.98 Å². The van der Waals surface area contributed by atoms with E-state index in [0.29, 0.717) is 17.0 Å². The molecule has 0 aliphatic carbocycles. The minimum atomic E-state index is -0.693. The molecule has 8 heteroatoms. The lowest BCUT2D eigenvalue weighted by Gasteiger charge is -2.26. The monoisotopic (exact) mass is 433 g/mol. The van der Waals surface area contributed by atoms with Gasteiger partial charge in [-0.1, -0.05) is 12.1 Å². The number of rotatable bonds is 5. The van der Waals surface area contributed by atoms with Crippen LogP contribution in [-0.2, 0) is 4.79 Å². The molecule has 0 saturated carbocycles. The zero-order valence-corrected chi connectivity index (χ0v) is 17.0. The molecule has 4 rings (SSSR count). The van der Waals surface area contributed by atoms with Crippen molar-refractivity contribution in [2.24, 2.45) is 0 Å². The maximum atomic E-state index is 12.6. The molecule has 2 aromatic carbocycles. The summed E-state index contributed by atoms with van der Waals surface area (Å²) < 4.78 is 16.2. The van der Waals surface area contributed by atoms with E-state index in [1.165, 1.54) is 37.5 Å². The van der Waals surface area contributed by atoms with Gasteiger partial charge in [-0.05, 0) is 35.9 Å². The van der Waals surface area contributed by atoms with Gasteiger partial charge in [-0.25, -0.2) is 4.79 Å². The number of ether oxygens (including phenoxy) is 3. The number of carbonyl (C=O) groups is 2. The van der Waals surface area contributed by atoms with Gasteiger partial charge in [-0.15, -0.1) is 0 Å². The van der Waals surface area contributed by atoms with E-state index < -0.39 is 12.1 Å². The Morgan fingerprint density at radius 2 is 2.00 bits per heavy atom. The number of aromatic nitrogens is 1. The lowest BCUT2D eigenvalue weighted by Crippen LogP contribution is -2.20. The second kappa shape index (κ2) is 8.81. The number of nitrogens with zero attached hydrogens (tertiary/aromatic N) is 1. The van der Waals surface area contributed by atoms with E-state index in [4.69, 9.17) is 14.2 Å². The summed E-state index contributed by atoms with van der Waals surface area (Å²) in [6, 6.07) is 12.5. The summed E-state index contributed by atoms with van der Waals surface area (Å²) >= 11 is 0. The van der Waals surface area contributed by atoms with Gasteiger partial charge < -0.3 is 24.4 Å². The van der Waals surface area contributed by atoms with Crippen molar-refractivity contribution in [1.29, 1.82) is 0 Å². The molecule has 2 N–H and O–H groups in total. The fourth-order valence-corrected chi connectivity index (χ4v) is 3.35. The Hall–Kier alpha value is -4.33. The van der Waals surface area contributed by atoms with Crippen molar-refractivity contribution in [2.75, 3.05) is 7.11 Å². The van der Waals surface area contributed by atoms with Crippen LogP contribution in [0, 0.1) is 0 Å². The molecule has 1 aliphatic rings. The van der Waals surface area contributed by atoms with Gasteiger partial charge in [0.15, 0.2) is 17.3 Å². The van der Waals surface area contributed by atoms with Gasteiger partial charge in [-0.2, -0.15) is 0 Å². The molecular weight excluding hydrogens is 414 g/mol. The maximum Gasteiger partial charge on any atom is 0.336 e. The zero-order chi connectivity index (χ0) is 22.7. The van der Waals surface area contributed by atoms with Crippen LogP contribution >= 0.6 is 0 Å². The highest BCUT2D eigenvalue weighted by Crippen LogP contribution is 2.43. The SMILES string of the molecule is COc1ccc([C@@H]2CC(=O)c3c(O)cc(OC(=O)/C=C/c4ccccn4)cc3O2)cc1O. The summed E-state index contributed by atoms with van der Waals surface area (Å²) in [7, 11) is 1.43. The molecule has 0 radical (unpaired) electrons. The number of carbonyl (C=O) groups excluding carboxylic acids is 2. The van der Waals surface area contributed by atoms with Gasteiger partial charge in [0.25, 0.3) is 0 Å². The highest BCUT2D eigenvalue weighted by molar-refractivity contribution is 6.03. The van der Waals surface area contributed by atoms with Crippen LogP contribution in [0.25, 0.3) is 6.08 Å². The summed E-state index contributed by atoms with van der Waals surface area (Å²) in [5.74, 6) is -1.06. The van der Waals surface area contributed by atoms with E-state index >= 15 is 0 Å². The average Bonchev–Trinajstić information content (AvgIpc) is 2.77. The summed E-state index contributed by atoms with van der Waals surface area (Å²) in [6.45, 7) is 0. The quantitative estimate of drug-likeness (QED) is 0.354. The normalized spacial score (nSPS) is 15.2. The lowest BCUT2D eigenvalue weighted by molar-refractivity contribution is -0.128. The Morgan fingerprint density at radius 1 is 1.16 bits per heavy atom. The Kier molecular flexibility index (Phi) is 5.76. The number of esters is 1. The summed E-state index contributed by atoms with van der Waals surface area (Å²) in [5, 5.41) is 20.4. The van der Waals surface area contributed by atoms with Crippen molar-refractivity contribution < 1.29 is 34.0 Å². The van der Waals surface area contributed by atoms with Crippen LogP contribution in [0.3, 0.4) is 0 Å². The van der Waals surface area contributed by atoms with Crippen LogP contribution in [0.1, 0.15) is 34.1 Å².